The fourth-order valence-electron chi connectivity index (χ4n) is 2.21. The molecular weight excluding hydrogens is 356 g/mol. The summed E-state index contributed by atoms with van der Waals surface area (Å²) in [5.41, 5.74) is 0.0237. The number of nitro groups is 1. The summed E-state index contributed by atoms with van der Waals surface area (Å²) in [6.07, 6.45) is 0. The molecule has 2 rings (SSSR count). The van der Waals surface area contributed by atoms with Crippen LogP contribution in [0.25, 0.3) is 0 Å². The molecule has 0 saturated carbocycles. The van der Waals surface area contributed by atoms with Crippen LogP contribution in [0.4, 0.5) is 11.4 Å². The molecule has 0 aliphatic heterocycles. The number of rotatable bonds is 8. The lowest BCUT2D eigenvalue weighted by molar-refractivity contribution is -0.385. The molecule has 0 fully saturated rings. The number of methoxy groups -OCH3 is 1. The highest BCUT2D eigenvalue weighted by Crippen LogP contribution is 2.28. The number of nitro benzene ring substituents is 1. The number of carbonyl (C=O) groups is 2. The molecule has 1 amide bonds. The van der Waals surface area contributed by atoms with Crippen LogP contribution >= 0.6 is 0 Å². The van der Waals surface area contributed by atoms with Crippen LogP contribution in [0.3, 0.4) is 0 Å². The Morgan fingerprint density at radius 2 is 1.85 bits per heavy atom. The van der Waals surface area contributed by atoms with Crippen LogP contribution in [0.2, 0.25) is 0 Å². The first-order valence-corrected chi connectivity index (χ1v) is 7.97. The zero-order chi connectivity index (χ0) is 19.8. The van der Waals surface area contributed by atoms with Gasteiger partial charge >= 0.3 is 11.7 Å². The molecule has 9 heteroatoms. The third kappa shape index (κ3) is 5.18. The normalized spacial score (nSPS) is 10.0. The highest BCUT2D eigenvalue weighted by molar-refractivity contribution is 5.93. The van der Waals surface area contributed by atoms with E-state index in [2.05, 4.69) is 10.1 Å². The minimum Gasteiger partial charge on any atom is -0.492 e. The van der Waals surface area contributed by atoms with Gasteiger partial charge in [-0.15, -0.1) is 0 Å². The average molecular weight is 374 g/mol. The van der Waals surface area contributed by atoms with Crippen molar-refractivity contribution in [2.75, 3.05) is 25.6 Å². The van der Waals surface area contributed by atoms with Gasteiger partial charge in [0.2, 0.25) is 0 Å². The highest BCUT2D eigenvalue weighted by atomic mass is 16.6. The highest BCUT2D eigenvalue weighted by Gasteiger charge is 2.20. The standard InChI is InChI=1S/C18H18N2O7/c1-3-26-15-7-5-4-6-13(15)19-17(21)11-27-16-9-8-12(18(22)25-2)10-14(16)20(23)24/h4-10H,3,11H2,1-2H3,(H,19,21). The van der Waals surface area contributed by atoms with Crippen LogP contribution in [0, 0.1) is 10.1 Å². The van der Waals surface area contributed by atoms with E-state index in [4.69, 9.17) is 9.47 Å². The molecule has 27 heavy (non-hydrogen) atoms. The van der Waals surface area contributed by atoms with Crippen LogP contribution < -0.4 is 14.8 Å². The molecular formula is C18H18N2O7. The number of benzene rings is 2. The van der Waals surface area contributed by atoms with Crippen LogP contribution in [0.5, 0.6) is 11.5 Å². The smallest absolute Gasteiger partial charge is 0.338 e. The quantitative estimate of drug-likeness (QED) is 0.429. The summed E-state index contributed by atoms with van der Waals surface area (Å²) in [5, 5.41) is 13.8. The number of nitrogens with one attached hydrogen (secondary N) is 1. The van der Waals surface area contributed by atoms with Gasteiger partial charge in [-0.05, 0) is 31.2 Å². The first-order valence-electron chi connectivity index (χ1n) is 7.97. The molecule has 0 saturated heterocycles. The van der Waals surface area contributed by atoms with Gasteiger partial charge in [0.1, 0.15) is 5.75 Å². The van der Waals surface area contributed by atoms with Crippen molar-refractivity contribution in [1.29, 1.82) is 0 Å². The Balaban J connectivity index is 2.09. The first-order chi connectivity index (χ1) is 13.0. The van der Waals surface area contributed by atoms with Crippen LogP contribution in [0.15, 0.2) is 42.5 Å². The second kappa shape index (κ2) is 9.18. The van der Waals surface area contributed by atoms with Gasteiger partial charge in [-0.2, -0.15) is 0 Å². The van der Waals surface area contributed by atoms with Gasteiger partial charge in [0.05, 0.1) is 29.9 Å². The van der Waals surface area contributed by atoms with Crippen molar-refractivity contribution in [3.8, 4) is 11.5 Å². The molecule has 2 aromatic carbocycles. The fourth-order valence-corrected chi connectivity index (χ4v) is 2.21. The molecule has 0 radical (unpaired) electrons. The van der Waals surface area contributed by atoms with E-state index in [0.29, 0.717) is 18.0 Å². The van der Waals surface area contributed by atoms with E-state index in [1.54, 1.807) is 24.3 Å². The van der Waals surface area contributed by atoms with Crippen molar-refractivity contribution in [1.82, 2.24) is 0 Å². The molecule has 1 N–H and O–H groups in total. The maximum atomic E-state index is 12.1. The number of esters is 1. The van der Waals surface area contributed by atoms with Gasteiger partial charge in [-0.25, -0.2) is 4.79 Å². The van der Waals surface area contributed by atoms with Crippen molar-refractivity contribution in [2.24, 2.45) is 0 Å². The molecule has 0 heterocycles. The Hall–Kier alpha value is -3.62. The molecule has 0 aliphatic rings. The Bertz CT molecular complexity index is 851. The molecule has 0 bridgehead atoms. The first kappa shape index (κ1) is 19.7. The van der Waals surface area contributed by atoms with Gasteiger partial charge in [-0.3, -0.25) is 14.9 Å². The molecule has 0 aromatic heterocycles. The molecule has 0 spiro atoms. The number of carbonyl (C=O) groups excluding carboxylic acids is 2. The summed E-state index contributed by atoms with van der Waals surface area (Å²) in [6, 6.07) is 10.5. The van der Waals surface area contributed by atoms with Crippen LogP contribution in [-0.4, -0.2) is 37.1 Å². The second-order valence-corrected chi connectivity index (χ2v) is 5.20. The summed E-state index contributed by atoms with van der Waals surface area (Å²) >= 11 is 0. The molecule has 9 nitrogen and oxygen atoms in total. The van der Waals surface area contributed by atoms with Crippen molar-refractivity contribution < 1.29 is 28.7 Å². The monoisotopic (exact) mass is 374 g/mol. The molecule has 2 aromatic rings. The van der Waals surface area contributed by atoms with E-state index < -0.39 is 29.1 Å². The van der Waals surface area contributed by atoms with Crippen molar-refractivity contribution in [3.63, 3.8) is 0 Å². The van der Waals surface area contributed by atoms with Crippen molar-refractivity contribution in [3.05, 3.63) is 58.1 Å². The predicted molar refractivity (Wildman–Crippen MR) is 96.2 cm³/mol. The largest absolute Gasteiger partial charge is 0.492 e. The SMILES string of the molecule is CCOc1ccccc1NC(=O)COc1ccc(C(=O)OC)cc1[N+](=O)[O-]. The lowest BCUT2D eigenvalue weighted by Gasteiger charge is -2.12. The summed E-state index contributed by atoms with van der Waals surface area (Å²) in [7, 11) is 1.17. The summed E-state index contributed by atoms with van der Waals surface area (Å²) in [5.74, 6) is -0.869. The number of anilines is 1. The van der Waals surface area contributed by atoms with Gasteiger partial charge in [-0.1, -0.05) is 12.1 Å². The lowest BCUT2D eigenvalue weighted by Crippen LogP contribution is -2.21. The third-order valence-electron chi connectivity index (χ3n) is 3.40. The Labute approximate surface area is 155 Å². The minimum atomic E-state index is -0.713. The molecule has 0 aliphatic carbocycles. The van der Waals surface area contributed by atoms with E-state index >= 15 is 0 Å². The molecule has 0 unspecified atom stereocenters. The number of hydrogen-bond donors (Lipinski definition) is 1. The summed E-state index contributed by atoms with van der Waals surface area (Å²) in [4.78, 5) is 34.1. The van der Waals surface area contributed by atoms with Gasteiger partial charge in [0, 0.05) is 6.07 Å². The number of ether oxygens (including phenoxy) is 3. The van der Waals surface area contributed by atoms with Crippen molar-refractivity contribution in [2.45, 2.75) is 6.92 Å². The van der Waals surface area contributed by atoms with E-state index in [1.807, 2.05) is 6.92 Å². The zero-order valence-electron chi connectivity index (χ0n) is 14.8. The maximum absolute atomic E-state index is 12.1. The Morgan fingerprint density at radius 3 is 2.52 bits per heavy atom. The van der Waals surface area contributed by atoms with E-state index in [1.165, 1.54) is 19.2 Å². The maximum Gasteiger partial charge on any atom is 0.338 e. The molecule has 0 atom stereocenters. The summed E-state index contributed by atoms with van der Waals surface area (Å²) < 4.78 is 15.2. The molecule has 142 valence electrons. The van der Waals surface area contributed by atoms with Crippen LogP contribution in [0.1, 0.15) is 17.3 Å². The van der Waals surface area contributed by atoms with E-state index in [0.717, 1.165) is 6.07 Å². The van der Waals surface area contributed by atoms with Gasteiger partial charge in [0.15, 0.2) is 12.4 Å². The second-order valence-electron chi connectivity index (χ2n) is 5.20. The van der Waals surface area contributed by atoms with Gasteiger partial charge in [0.25, 0.3) is 5.91 Å². The van der Waals surface area contributed by atoms with Gasteiger partial charge < -0.3 is 19.5 Å². The van der Waals surface area contributed by atoms with Crippen molar-refractivity contribution >= 4 is 23.3 Å². The minimum absolute atomic E-state index is 0.00615. The Morgan fingerprint density at radius 1 is 1.11 bits per heavy atom. The average Bonchev–Trinajstić information content (AvgIpc) is 2.67. The fraction of sp³-hybridized carbons (Fsp3) is 0.222. The Kier molecular flexibility index (Phi) is 6.70. The topological polar surface area (TPSA) is 117 Å². The third-order valence-corrected chi connectivity index (χ3v) is 3.40. The zero-order valence-corrected chi connectivity index (χ0v) is 14.8. The predicted octanol–water partition coefficient (Wildman–Crippen LogP) is 2.80. The lowest BCUT2D eigenvalue weighted by atomic mass is 10.2. The number of amides is 1. The van der Waals surface area contributed by atoms with Crippen LogP contribution in [-0.2, 0) is 9.53 Å². The van der Waals surface area contributed by atoms with E-state index in [9.17, 15) is 19.7 Å². The summed E-state index contributed by atoms with van der Waals surface area (Å²) in [6.45, 7) is 1.79. The number of nitrogens with zero attached hydrogens (tertiary/aromatic N) is 1. The number of hydrogen-bond acceptors (Lipinski definition) is 7. The number of para-hydroxylation sites is 2. The van der Waals surface area contributed by atoms with E-state index in [-0.39, 0.29) is 11.3 Å².